The second-order valence-electron chi connectivity index (χ2n) is 5.49. The van der Waals surface area contributed by atoms with Crippen molar-refractivity contribution in [1.29, 1.82) is 5.26 Å². The lowest BCUT2D eigenvalue weighted by molar-refractivity contribution is 0.611. The Balaban J connectivity index is 2.04. The first-order chi connectivity index (χ1) is 10.3. The molecule has 1 aliphatic rings. The zero-order valence-corrected chi connectivity index (χ0v) is 11.4. The van der Waals surface area contributed by atoms with Crippen molar-refractivity contribution in [2.75, 3.05) is 0 Å². The highest BCUT2D eigenvalue weighted by atomic mass is 19.1. The highest BCUT2D eigenvalue weighted by Gasteiger charge is 2.18. The van der Waals surface area contributed by atoms with Crippen LogP contribution in [0.3, 0.4) is 0 Å². The van der Waals surface area contributed by atoms with Crippen LogP contribution in [-0.2, 0) is 13.0 Å². The summed E-state index contributed by atoms with van der Waals surface area (Å²) in [5, 5.41) is 10.0. The molecule has 0 atom stereocenters. The Morgan fingerprint density at radius 1 is 1.19 bits per heavy atom. The van der Waals surface area contributed by atoms with Crippen molar-refractivity contribution in [3.8, 4) is 17.2 Å². The van der Waals surface area contributed by atoms with E-state index in [2.05, 4.69) is 16.8 Å². The molecule has 3 heteroatoms. The Kier molecular flexibility index (Phi) is 2.58. The minimum Gasteiger partial charge on any atom is -0.347 e. The van der Waals surface area contributed by atoms with Crippen molar-refractivity contribution in [2.24, 2.45) is 0 Å². The van der Waals surface area contributed by atoms with Gasteiger partial charge in [-0.2, -0.15) is 5.26 Å². The first kappa shape index (κ1) is 12.2. The fraction of sp³-hybridized carbons (Fsp3) is 0.167. The normalized spacial score (nSPS) is 13.3. The SMILES string of the molecule is N#Cc1cccc(-c2cn3c4c(cc(F)cc24)CCC3)c1. The van der Waals surface area contributed by atoms with Gasteiger partial charge in [0.1, 0.15) is 5.82 Å². The van der Waals surface area contributed by atoms with E-state index in [0.717, 1.165) is 47.0 Å². The topological polar surface area (TPSA) is 28.7 Å². The number of nitriles is 1. The van der Waals surface area contributed by atoms with E-state index in [4.69, 9.17) is 5.26 Å². The molecular formula is C18H13FN2. The fourth-order valence-corrected chi connectivity index (χ4v) is 3.28. The first-order valence-electron chi connectivity index (χ1n) is 7.08. The number of hydrogen-bond acceptors (Lipinski definition) is 1. The highest BCUT2D eigenvalue weighted by molar-refractivity contribution is 5.98. The highest BCUT2D eigenvalue weighted by Crippen LogP contribution is 2.36. The van der Waals surface area contributed by atoms with E-state index < -0.39 is 0 Å². The molecule has 0 aliphatic carbocycles. The zero-order chi connectivity index (χ0) is 14.4. The van der Waals surface area contributed by atoms with Gasteiger partial charge in [0, 0.05) is 23.7 Å². The molecule has 0 spiro atoms. The Bertz CT molecular complexity index is 899. The third-order valence-corrected chi connectivity index (χ3v) is 4.16. The molecule has 1 aromatic heterocycles. The summed E-state index contributed by atoms with van der Waals surface area (Å²) in [6, 6.07) is 12.9. The lowest BCUT2D eigenvalue weighted by Crippen LogP contribution is -2.06. The first-order valence-corrected chi connectivity index (χ1v) is 7.08. The van der Waals surface area contributed by atoms with E-state index in [1.54, 1.807) is 18.2 Å². The molecule has 102 valence electrons. The molecule has 2 aromatic carbocycles. The van der Waals surface area contributed by atoms with Gasteiger partial charge in [-0.1, -0.05) is 12.1 Å². The predicted molar refractivity (Wildman–Crippen MR) is 80.4 cm³/mol. The number of rotatable bonds is 1. The molecule has 1 aliphatic heterocycles. The zero-order valence-electron chi connectivity index (χ0n) is 11.4. The average molecular weight is 276 g/mol. The molecule has 3 aromatic rings. The molecule has 0 radical (unpaired) electrons. The van der Waals surface area contributed by atoms with Crippen LogP contribution in [0.4, 0.5) is 4.39 Å². The largest absolute Gasteiger partial charge is 0.347 e. The van der Waals surface area contributed by atoms with Crippen LogP contribution in [0.25, 0.3) is 22.0 Å². The molecular weight excluding hydrogens is 263 g/mol. The van der Waals surface area contributed by atoms with Crippen LogP contribution < -0.4 is 0 Å². The van der Waals surface area contributed by atoms with Crippen molar-refractivity contribution in [3.05, 3.63) is 59.5 Å². The van der Waals surface area contributed by atoms with Gasteiger partial charge < -0.3 is 4.57 Å². The van der Waals surface area contributed by atoms with Crippen LogP contribution in [0.15, 0.2) is 42.6 Å². The van der Waals surface area contributed by atoms with Crippen LogP contribution in [0.2, 0.25) is 0 Å². The third-order valence-electron chi connectivity index (χ3n) is 4.16. The van der Waals surface area contributed by atoms with Crippen molar-refractivity contribution < 1.29 is 4.39 Å². The molecule has 0 bridgehead atoms. The molecule has 0 saturated heterocycles. The number of halogens is 1. The van der Waals surface area contributed by atoms with Gasteiger partial charge >= 0.3 is 0 Å². The number of benzene rings is 2. The molecule has 0 unspecified atom stereocenters. The minimum atomic E-state index is -0.185. The van der Waals surface area contributed by atoms with Crippen LogP contribution in [0, 0.1) is 17.1 Å². The number of hydrogen-bond donors (Lipinski definition) is 0. The lowest BCUT2D eigenvalue weighted by Gasteiger charge is -2.15. The van der Waals surface area contributed by atoms with Crippen LogP contribution in [0.1, 0.15) is 17.5 Å². The van der Waals surface area contributed by atoms with Crippen molar-refractivity contribution in [3.63, 3.8) is 0 Å². The summed E-state index contributed by atoms with van der Waals surface area (Å²) >= 11 is 0. The molecule has 0 N–H and O–H groups in total. The van der Waals surface area contributed by atoms with E-state index >= 15 is 0 Å². The third kappa shape index (κ3) is 1.84. The maximum absolute atomic E-state index is 13.9. The predicted octanol–water partition coefficient (Wildman–Crippen LogP) is 4.27. The van der Waals surface area contributed by atoms with Gasteiger partial charge in [0.2, 0.25) is 0 Å². The van der Waals surface area contributed by atoms with Crippen LogP contribution in [-0.4, -0.2) is 4.57 Å². The number of aryl methyl sites for hydroxylation is 2. The summed E-state index contributed by atoms with van der Waals surface area (Å²) in [6.07, 6.45) is 4.05. The summed E-state index contributed by atoms with van der Waals surface area (Å²) in [4.78, 5) is 0. The summed E-state index contributed by atoms with van der Waals surface area (Å²) < 4.78 is 16.1. The lowest BCUT2D eigenvalue weighted by atomic mass is 9.99. The van der Waals surface area contributed by atoms with Gasteiger partial charge in [-0.25, -0.2) is 4.39 Å². The van der Waals surface area contributed by atoms with E-state index in [9.17, 15) is 4.39 Å². The maximum Gasteiger partial charge on any atom is 0.124 e. The average Bonchev–Trinajstić information content (AvgIpc) is 2.87. The van der Waals surface area contributed by atoms with E-state index in [1.807, 2.05) is 18.2 Å². The van der Waals surface area contributed by atoms with Gasteiger partial charge in [0.15, 0.2) is 0 Å². The number of nitrogens with zero attached hydrogens (tertiary/aromatic N) is 2. The molecule has 4 rings (SSSR count). The van der Waals surface area contributed by atoms with Crippen molar-refractivity contribution in [1.82, 2.24) is 4.57 Å². The minimum absolute atomic E-state index is 0.185. The van der Waals surface area contributed by atoms with Crippen LogP contribution in [0.5, 0.6) is 0 Å². The number of aromatic nitrogens is 1. The summed E-state index contributed by atoms with van der Waals surface area (Å²) in [7, 11) is 0. The van der Waals surface area contributed by atoms with E-state index in [0.29, 0.717) is 5.56 Å². The Hall–Kier alpha value is -2.60. The Labute approximate surface area is 122 Å². The van der Waals surface area contributed by atoms with Crippen molar-refractivity contribution in [2.45, 2.75) is 19.4 Å². The molecule has 21 heavy (non-hydrogen) atoms. The summed E-state index contributed by atoms with van der Waals surface area (Å²) in [6.45, 7) is 0.965. The molecule has 2 nitrogen and oxygen atoms in total. The maximum atomic E-state index is 13.9. The second kappa shape index (κ2) is 4.46. The van der Waals surface area contributed by atoms with Gasteiger partial charge in [-0.15, -0.1) is 0 Å². The monoisotopic (exact) mass is 276 g/mol. The second-order valence-corrected chi connectivity index (χ2v) is 5.49. The molecule has 0 saturated carbocycles. The molecule has 0 fully saturated rings. The van der Waals surface area contributed by atoms with Crippen LogP contribution >= 0.6 is 0 Å². The quantitative estimate of drug-likeness (QED) is 0.652. The summed E-state index contributed by atoms with van der Waals surface area (Å²) in [5.41, 5.74) is 4.82. The van der Waals surface area contributed by atoms with Gasteiger partial charge in [-0.3, -0.25) is 0 Å². The Morgan fingerprint density at radius 3 is 2.95 bits per heavy atom. The van der Waals surface area contributed by atoms with Crippen molar-refractivity contribution >= 4 is 10.9 Å². The Morgan fingerprint density at radius 2 is 2.10 bits per heavy atom. The van der Waals surface area contributed by atoms with E-state index in [1.165, 1.54) is 0 Å². The van der Waals surface area contributed by atoms with E-state index in [-0.39, 0.29) is 5.82 Å². The van der Waals surface area contributed by atoms with Gasteiger partial charge in [0.05, 0.1) is 17.1 Å². The standard InChI is InChI=1S/C18H13FN2/c19-15-8-14-5-2-6-21-11-17(16(9-15)18(14)21)13-4-1-3-12(7-13)10-20/h1,3-4,7-9,11H,2,5-6H2. The fourth-order valence-electron chi connectivity index (χ4n) is 3.28. The molecule has 0 amide bonds. The smallest absolute Gasteiger partial charge is 0.124 e. The van der Waals surface area contributed by atoms with Gasteiger partial charge in [0.25, 0.3) is 0 Å². The summed E-state index contributed by atoms with van der Waals surface area (Å²) in [5.74, 6) is -0.185. The molecule has 2 heterocycles. The van der Waals surface area contributed by atoms with Gasteiger partial charge in [-0.05, 0) is 48.2 Å².